The number of rotatable bonds is 8. The molecule has 0 bridgehead atoms. The van der Waals surface area contributed by atoms with Crippen LogP contribution in [-0.2, 0) is 19.5 Å². The molecule has 2 aromatic carbocycles. The van der Waals surface area contributed by atoms with Crippen LogP contribution in [0.5, 0.6) is 5.75 Å². The molecular weight excluding hydrogens is 491 g/mol. The molecule has 0 unspecified atom stereocenters. The lowest BCUT2D eigenvalue weighted by atomic mass is 10.1. The Morgan fingerprint density at radius 3 is 2.30 bits per heavy atom. The molecule has 0 aliphatic carbocycles. The van der Waals surface area contributed by atoms with Crippen molar-refractivity contribution in [2.24, 2.45) is 10.7 Å². The van der Waals surface area contributed by atoms with Gasteiger partial charge in [-0.25, -0.2) is 4.99 Å². The molecule has 2 aromatic rings. The van der Waals surface area contributed by atoms with Gasteiger partial charge in [0, 0.05) is 26.2 Å². The van der Waals surface area contributed by atoms with Crippen LogP contribution in [-0.4, -0.2) is 48.8 Å². The van der Waals surface area contributed by atoms with Crippen molar-refractivity contribution in [2.45, 2.75) is 38.5 Å². The number of benzene rings is 2. The van der Waals surface area contributed by atoms with E-state index in [0.717, 1.165) is 56.8 Å². The molecule has 1 aliphatic heterocycles. The standard InChI is InChI=1S/C23H32N4O2.HI/c1-29-22-8-6-18(7-9-22)10-13-25-23(24)26-16-19-2-4-20(5-3-19)17-27-14-11-21(28)12-15-27;/h2-9,21,28H,10-17H2,1H3,(H3,24,25,26);1H. The fourth-order valence-electron chi connectivity index (χ4n) is 3.45. The number of ether oxygens (including phenoxy) is 1. The molecule has 164 valence electrons. The molecule has 1 fully saturated rings. The van der Waals surface area contributed by atoms with Gasteiger partial charge in [0.15, 0.2) is 5.96 Å². The lowest BCUT2D eigenvalue weighted by Crippen LogP contribution is -2.35. The van der Waals surface area contributed by atoms with Crippen molar-refractivity contribution < 1.29 is 9.84 Å². The molecule has 0 spiro atoms. The van der Waals surface area contributed by atoms with E-state index in [4.69, 9.17) is 10.5 Å². The Balaban J connectivity index is 0.00000320. The number of nitrogens with two attached hydrogens (primary N) is 1. The number of nitrogens with zero attached hydrogens (tertiary/aromatic N) is 2. The number of aliphatic imine (C=N–C) groups is 1. The summed E-state index contributed by atoms with van der Waals surface area (Å²) >= 11 is 0. The topological polar surface area (TPSA) is 83.1 Å². The Bertz CT molecular complexity index is 773. The second kappa shape index (κ2) is 12.8. The molecule has 1 saturated heterocycles. The number of aliphatic hydroxyl groups is 1. The summed E-state index contributed by atoms with van der Waals surface area (Å²) in [5.41, 5.74) is 9.65. The number of hydrogen-bond acceptors (Lipinski definition) is 4. The first-order valence-corrected chi connectivity index (χ1v) is 10.3. The molecule has 0 atom stereocenters. The average molecular weight is 524 g/mol. The van der Waals surface area contributed by atoms with Crippen molar-refractivity contribution in [1.82, 2.24) is 10.2 Å². The third-order valence-electron chi connectivity index (χ3n) is 5.30. The van der Waals surface area contributed by atoms with Gasteiger partial charge < -0.3 is 20.9 Å². The minimum atomic E-state index is -0.123. The van der Waals surface area contributed by atoms with Gasteiger partial charge >= 0.3 is 0 Å². The van der Waals surface area contributed by atoms with E-state index in [9.17, 15) is 5.11 Å². The van der Waals surface area contributed by atoms with Gasteiger partial charge in [-0.2, -0.15) is 0 Å². The van der Waals surface area contributed by atoms with Gasteiger partial charge in [-0.05, 0) is 48.1 Å². The number of methoxy groups -OCH3 is 1. The second-order valence-electron chi connectivity index (χ2n) is 7.55. The summed E-state index contributed by atoms with van der Waals surface area (Å²) < 4.78 is 5.17. The summed E-state index contributed by atoms with van der Waals surface area (Å²) in [4.78, 5) is 6.83. The summed E-state index contributed by atoms with van der Waals surface area (Å²) in [6.07, 6.45) is 2.50. The predicted octanol–water partition coefficient (Wildman–Crippen LogP) is 2.92. The highest BCUT2D eigenvalue weighted by molar-refractivity contribution is 14.0. The molecule has 30 heavy (non-hydrogen) atoms. The number of likely N-dealkylation sites (tertiary alicyclic amines) is 1. The number of hydrogen-bond donors (Lipinski definition) is 3. The Kier molecular flexibility index (Phi) is 10.4. The van der Waals surface area contributed by atoms with Crippen molar-refractivity contribution in [1.29, 1.82) is 0 Å². The van der Waals surface area contributed by atoms with E-state index >= 15 is 0 Å². The molecule has 0 radical (unpaired) electrons. The summed E-state index contributed by atoms with van der Waals surface area (Å²) in [7, 11) is 1.67. The van der Waals surface area contributed by atoms with Crippen LogP contribution in [0.1, 0.15) is 29.5 Å². The summed E-state index contributed by atoms with van der Waals surface area (Å²) in [6, 6.07) is 16.6. The normalized spacial score (nSPS) is 15.5. The fraction of sp³-hybridized carbons (Fsp3) is 0.435. The maximum atomic E-state index is 9.61. The lowest BCUT2D eigenvalue weighted by Gasteiger charge is -2.29. The number of guanidine groups is 1. The largest absolute Gasteiger partial charge is 0.497 e. The third-order valence-corrected chi connectivity index (χ3v) is 5.30. The number of nitrogens with one attached hydrogen (secondary N) is 1. The Morgan fingerprint density at radius 2 is 1.67 bits per heavy atom. The Morgan fingerprint density at radius 1 is 1.07 bits per heavy atom. The van der Waals surface area contributed by atoms with E-state index in [0.29, 0.717) is 12.5 Å². The zero-order valence-corrected chi connectivity index (χ0v) is 19.9. The first-order chi connectivity index (χ1) is 14.1. The van der Waals surface area contributed by atoms with E-state index in [2.05, 4.69) is 51.6 Å². The van der Waals surface area contributed by atoms with Crippen LogP contribution in [0, 0.1) is 0 Å². The Labute approximate surface area is 196 Å². The van der Waals surface area contributed by atoms with Crippen LogP contribution in [0.4, 0.5) is 0 Å². The van der Waals surface area contributed by atoms with Gasteiger partial charge in [-0.3, -0.25) is 4.90 Å². The Hall–Kier alpha value is -1.84. The average Bonchev–Trinajstić information content (AvgIpc) is 2.75. The molecule has 0 aromatic heterocycles. The van der Waals surface area contributed by atoms with Crippen LogP contribution < -0.4 is 15.8 Å². The van der Waals surface area contributed by atoms with Crippen LogP contribution in [0.15, 0.2) is 53.5 Å². The van der Waals surface area contributed by atoms with Gasteiger partial charge in [-0.15, -0.1) is 24.0 Å². The van der Waals surface area contributed by atoms with Gasteiger partial charge in [0.1, 0.15) is 5.75 Å². The SMILES string of the molecule is COc1ccc(CCNC(N)=NCc2ccc(CN3CCC(O)CC3)cc2)cc1.I. The molecule has 1 heterocycles. The fourth-order valence-corrected chi connectivity index (χ4v) is 3.45. The van der Waals surface area contributed by atoms with Gasteiger partial charge in [-0.1, -0.05) is 36.4 Å². The van der Waals surface area contributed by atoms with Crippen LogP contribution in [0.25, 0.3) is 0 Å². The first kappa shape index (κ1) is 24.4. The molecule has 0 amide bonds. The third kappa shape index (κ3) is 8.12. The zero-order chi connectivity index (χ0) is 20.5. The summed E-state index contributed by atoms with van der Waals surface area (Å²) in [5, 5.41) is 12.8. The quantitative estimate of drug-likeness (QED) is 0.281. The summed E-state index contributed by atoms with van der Waals surface area (Å²) in [5.74, 6) is 1.33. The minimum Gasteiger partial charge on any atom is -0.497 e. The highest BCUT2D eigenvalue weighted by atomic mass is 127. The number of piperidine rings is 1. The maximum Gasteiger partial charge on any atom is 0.188 e. The van der Waals surface area contributed by atoms with Crippen LogP contribution in [0.3, 0.4) is 0 Å². The van der Waals surface area contributed by atoms with Gasteiger partial charge in [0.05, 0.1) is 19.8 Å². The van der Waals surface area contributed by atoms with E-state index < -0.39 is 0 Å². The molecule has 4 N–H and O–H groups in total. The van der Waals surface area contributed by atoms with Crippen molar-refractivity contribution in [2.75, 3.05) is 26.7 Å². The highest BCUT2D eigenvalue weighted by Crippen LogP contribution is 2.14. The van der Waals surface area contributed by atoms with E-state index in [1.54, 1.807) is 7.11 Å². The van der Waals surface area contributed by atoms with Crippen LogP contribution >= 0.6 is 24.0 Å². The van der Waals surface area contributed by atoms with Crippen molar-refractivity contribution in [3.8, 4) is 5.75 Å². The minimum absolute atomic E-state index is 0. The maximum absolute atomic E-state index is 9.61. The molecule has 3 rings (SSSR count). The van der Waals surface area contributed by atoms with E-state index in [1.165, 1.54) is 11.1 Å². The summed E-state index contributed by atoms with van der Waals surface area (Å²) in [6.45, 7) is 4.17. The lowest BCUT2D eigenvalue weighted by molar-refractivity contribution is 0.0792. The predicted molar refractivity (Wildman–Crippen MR) is 132 cm³/mol. The van der Waals surface area contributed by atoms with E-state index in [1.807, 2.05) is 12.1 Å². The molecule has 7 heteroatoms. The van der Waals surface area contributed by atoms with Crippen molar-refractivity contribution in [3.05, 3.63) is 65.2 Å². The number of halogens is 1. The van der Waals surface area contributed by atoms with Gasteiger partial charge in [0.2, 0.25) is 0 Å². The second-order valence-corrected chi connectivity index (χ2v) is 7.55. The molecule has 0 saturated carbocycles. The smallest absolute Gasteiger partial charge is 0.188 e. The monoisotopic (exact) mass is 524 g/mol. The van der Waals surface area contributed by atoms with E-state index in [-0.39, 0.29) is 30.1 Å². The van der Waals surface area contributed by atoms with Crippen LogP contribution in [0.2, 0.25) is 0 Å². The molecule has 1 aliphatic rings. The van der Waals surface area contributed by atoms with Gasteiger partial charge in [0.25, 0.3) is 0 Å². The number of aliphatic hydroxyl groups excluding tert-OH is 1. The first-order valence-electron chi connectivity index (χ1n) is 10.3. The van der Waals surface area contributed by atoms with Crippen molar-refractivity contribution in [3.63, 3.8) is 0 Å². The highest BCUT2D eigenvalue weighted by Gasteiger charge is 2.16. The molecular formula is C23H33IN4O2. The zero-order valence-electron chi connectivity index (χ0n) is 17.6. The molecule has 6 nitrogen and oxygen atoms in total. The van der Waals surface area contributed by atoms with Crippen molar-refractivity contribution >= 4 is 29.9 Å².